The molecule has 3 N–H and O–H groups in total. The maximum atomic E-state index is 12.7. The average Bonchev–Trinajstić information content (AvgIpc) is 2.45. The Kier molecular flexibility index (Phi) is 6.70. The van der Waals surface area contributed by atoms with E-state index in [1.807, 2.05) is 13.8 Å². The van der Waals surface area contributed by atoms with Crippen LogP contribution in [0.4, 0.5) is 0 Å². The SMILES string of the molecule is COc1cc(Cl)c(S(=O)(=O)NC(C)(CN)CC(C)C)cc1OC. The predicted octanol–water partition coefficient (Wildman–Crippen LogP) is 2.40. The Labute approximate surface area is 143 Å². The minimum Gasteiger partial charge on any atom is -0.493 e. The van der Waals surface area contributed by atoms with Crippen molar-refractivity contribution in [2.75, 3.05) is 20.8 Å². The molecule has 0 aliphatic carbocycles. The van der Waals surface area contributed by atoms with Crippen LogP contribution in [0.3, 0.4) is 0 Å². The van der Waals surface area contributed by atoms with Crippen molar-refractivity contribution < 1.29 is 17.9 Å². The monoisotopic (exact) mass is 364 g/mol. The first kappa shape index (κ1) is 20.0. The number of halogens is 1. The van der Waals surface area contributed by atoms with Gasteiger partial charge < -0.3 is 15.2 Å². The van der Waals surface area contributed by atoms with E-state index in [0.29, 0.717) is 12.2 Å². The molecule has 0 saturated carbocycles. The molecule has 0 bridgehead atoms. The van der Waals surface area contributed by atoms with E-state index in [9.17, 15) is 8.42 Å². The third-order valence-corrected chi connectivity index (χ3v) is 5.52. The summed E-state index contributed by atoms with van der Waals surface area (Å²) in [5.74, 6) is 0.933. The molecule has 0 radical (unpaired) electrons. The molecule has 0 aliphatic rings. The molecule has 0 saturated heterocycles. The summed E-state index contributed by atoms with van der Waals surface area (Å²) in [6.07, 6.45) is 0.605. The molecular weight excluding hydrogens is 340 g/mol. The number of ether oxygens (including phenoxy) is 2. The number of methoxy groups -OCH3 is 2. The molecule has 6 nitrogen and oxygen atoms in total. The van der Waals surface area contributed by atoms with Gasteiger partial charge in [-0.25, -0.2) is 13.1 Å². The van der Waals surface area contributed by atoms with E-state index in [4.69, 9.17) is 26.8 Å². The number of hydrogen-bond acceptors (Lipinski definition) is 5. The maximum absolute atomic E-state index is 12.7. The van der Waals surface area contributed by atoms with Crippen LogP contribution in [0.25, 0.3) is 0 Å². The second-order valence-electron chi connectivity index (χ2n) is 6.11. The highest BCUT2D eigenvalue weighted by atomic mass is 35.5. The topological polar surface area (TPSA) is 90.7 Å². The predicted molar refractivity (Wildman–Crippen MR) is 91.8 cm³/mol. The molecule has 0 spiro atoms. The van der Waals surface area contributed by atoms with E-state index in [1.165, 1.54) is 26.4 Å². The first-order chi connectivity index (χ1) is 10.6. The molecule has 0 aromatic heterocycles. The fraction of sp³-hybridized carbons (Fsp3) is 0.600. The van der Waals surface area contributed by atoms with Crippen LogP contribution in [0.1, 0.15) is 27.2 Å². The van der Waals surface area contributed by atoms with Gasteiger partial charge in [-0.3, -0.25) is 0 Å². The van der Waals surface area contributed by atoms with Crippen molar-refractivity contribution in [1.29, 1.82) is 0 Å². The van der Waals surface area contributed by atoms with Crippen LogP contribution >= 0.6 is 11.6 Å². The Bertz CT molecular complexity index is 649. The summed E-state index contributed by atoms with van der Waals surface area (Å²) in [4.78, 5) is -0.0692. The molecule has 1 aromatic carbocycles. The van der Waals surface area contributed by atoms with Crippen LogP contribution in [0.5, 0.6) is 11.5 Å². The van der Waals surface area contributed by atoms with Gasteiger partial charge in [-0.1, -0.05) is 25.4 Å². The lowest BCUT2D eigenvalue weighted by atomic mass is 9.92. The Hall–Kier alpha value is -1.02. The summed E-state index contributed by atoms with van der Waals surface area (Å²) in [6.45, 7) is 5.96. The molecule has 1 unspecified atom stereocenters. The highest BCUT2D eigenvalue weighted by molar-refractivity contribution is 7.89. The summed E-state index contributed by atoms with van der Waals surface area (Å²) >= 11 is 6.11. The van der Waals surface area contributed by atoms with Crippen LogP contribution in [0.2, 0.25) is 5.02 Å². The zero-order valence-corrected chi connectivity index (χ0v) is 15.7. The zero-order chi connectivity index (χ0) is 17.8. The molecule has 23 heavy (non-hydrogen) atoms. The number of nitrogens with two attached hydrogens (primary N) is 1. The van der Waals surface area contributed by atoms with Crippen molar-refractivity contribution in [3.05, 3.63) is 17.2 Å². The smallest absolute Gasteiger partial charge is 0.242 e. The molecule has 0 heterocycles. The molecule has 0 aliphatic heterocycles. The molecule has 1 rings (SSSR count). The van der Waals surface area contributed by atoms with Crippen LogP contribution in [-0.2, 0) is 10.0 Å². The number of rotatable bonds is 8. The van der Waals surface area contributed by atoms with E-state index in [1.54, 1.807) is 6.92 Å². The van der Waals surface area contributed by atoms with Crippen LogP contribution in [-0.4, -0.2) is 34.7 Å². The van der Waals surface area contributed by atoms with Crippen molar-refractivity contribution in [3.63, 3.8) is 0 Å². The lowest BCUT2D eigenvalue weighted by Crippen LogP contribution is -2.52. The minimum atomic E-state index is -3.86. The summed E-state index contributed by atoms with van der Waals surface area (Å²) in [7, 11) is -0.979. The Morgan fingerprint density at radius 1 is 1.26 bits per heavy atom. The van der Waals surface area contributed by atoms with Crippen molar-refractivity contribution in [2.24, 2.45) is 11.7 Å². The largest absolute Gasteiger partial charge is 0.493 e. The zero-order valence-electron chi connectivity index (χ0n) is 14.1. The molecule has 0 fully saturated rings. The van der Waals surface area contributed by atoms with Gasteiger partial charge in [0, 0.05) is 24.2 Å². The van der Waals surface area contributed by atoms with Gasteiger partial charge in [0.15, 0.2) is 11.5 Å². The summed E-state index contributed by atoms with van der Waals surface area (Å²) < 4.78 is 38.4. The second-order valence-corrected chi connectivity index (χ2v) is 8.16. The number of benzene rings is 1. The normalized spacial score (nSPS) is 14.6. The fourth-order valence-electron chi connectivity index (χ4n) is 2.49. The van der Waals surface area contributed by atoms with Crippen molar-refractivity contribution >= 4 is 21.6 Å². The van der Waals surface area contributed by atoms with Crippen LogP contribution in [0.15, 0.2) is 17.0 Å². The van der Waals surface area contributed by atoms with Crippen LogP contribution in [0, 0.1) is 5.92 Å². The molecule has 1 aromatic rings. The molecule has 8 heteroatoms. The summed E-state index contributed by atoms with van der Waals surface area (Å²) in [6, 6.07) is 2.76. The lowest BCUT2D eigenvalue weighted by molar-refractivity contribution is 0.343. The van der Waals surface area contributed by atoms with E-state index < -0.39 is 15.6 Å². The second kappa shape index (κ2) is 7.70. The number of nitrogens with one attached hydrogen (secondary N) is 1. The minimum absolute atomic E-state index is 0.0547. The first-order valence-corrected chi connectivity index (χ1v) is 9.10. The quantitative estimate of drug-likeness (QED) is 0.739. The van der Waals surface area contributed by atoms with Gasteiger partial charge in [-0.2, -0.15) is 0 Å². The highest BCUT2D eigenvalue weighted by Crippen LogP contribution is 2.35. The van der Waals surface area contributed by atoms with E-state index >= 15 is 0 Å². The fourth-order valence-corrected chi connectivity index (χ4v) is 4.45. The standard InChI is InChI=1S/C15H25ClN2O4S/c1-10(2)8-15(3,9-17)18-23(19,20)14-7-13(22-5)12(21-4)6-11(14)16/h6-7,10,18H,8-9,17H2,1-5H3. The van der Waals surface area contributed by atoms with Gasteiger partial charge in [0.2, 0.25) is 10.0 Å². The maximum Gasteiger partial charge on any atom is 0.242 e. The Morgan fingerprint density at radius 3 is 2.22 bits per heavy atom. The van der Waals surface area contributed by atoms with Gasteiger partial charge in [-0.05, 0) is 19.3 Å². The van der Waals surface area contributed by atoms with E-state index in [-0.39, 0.29) is 28.1 Å². The molecular formula is C15H25ClN2O4S. The first-order valence-electron chi connectivity index (χ1n) is 7.24. The van der Waals surface area contributed by atoms with E-state index in [2.05, 4.69) is 4.72 Å². The molecule has 132 valence electrons. The average molecular weight is 365 g/mol. The number of hydrogen-bond donors (Lipinski definition) is 2. The third-order valence-electron chi connectivity index (χ3n) is 3.42. The Morgan fingerprint density at radius 2 is 1.78 bits per heavy atom. The van der Waals surface area contributed by atoms with Gasteiger partial charge in [-0.15, -0.1) is 0 Å². The van der Waals surface area contributed by atoms with E-state index in [0.717, 1.165) is 0 Å². The summed E-state index contributed by atoms with van der Waals surface area (Å²) in [5.41, 5.74) is 5.02. The van der Waals surface area contributed by atoms with Gasteiger partial charge >= 0.3 is 0 Å². The van der Waals surface area contributed by atoms with Crippen molar-refractivity contribution in [2.45, 2.75) is 37.6 Å². The van der Waals surface area contributed by atoms with Gasteiger partial charge in [0.1, 0.15) is 4.90 Å². The number of sulfonamides is 1. The molecule has 0 amide bonds. The third kappa shape index (κ3) is 4.97. The molecule has 1 atom stereocenters. The van der Waals surface area contributed by atoms with Gasteiger partial charge in [0.25, 0.3) is 0 Å². The lowest BCUT2D eigenvalue weighted by Gasteiger charge is -2.31. The van der Waals surface area contributed by atoms with Gasteiger partial charge in [0.05, 0.1) is 19.2 Å². The van der Waals surface area contributed by atoms with Crippen molar-refractivity contribution in [1.82, 2.24) is 4.72 Å². The Balaban J connectivity index is 3.28. The summed E-state index contributed by atoms with van der Waals surface area (Å²) in [5, 5.41) is 0.0547. The highest BCUT2D eigenvalue weighted by Gasteiger charge is 2.32. The van der Waals surface area contributed by atoms with Crippen LogP contribution < -0.4 is 19.9 Å². The van der Waals surface area contributed by atoms with Crippen molar-refractivity contribution in [3.8, 4) is 11.5 Å².